The van der Waals surface area contributed by atoms with Gasteiger partial charge in [-0.3, -0.25) is 14.3 Å². The summed E-state index contributed by atoms with van der Waals surface area (Å²) >= 11 is 0. The third-order valence-corrected chi connectivity index (χ3v) is 3.71. The Balaban J connectivity index is 2.08. The second kappa shape index (κ2) is 5.64. The average Bonchev–Trinajstić information content (AvgIpc) is 2.92. The van der Waals surface area contributed by atoms with Crippen LogP contribution in [0.15, 0.2) is 12.4 Å². The molecular formula is C14H22N4O2. The van der Waals surface area contributed by atoms with Gasteiger partial charge in [0.2, 0.25) is 11.8 Å². The molecule has 6 heteroatoms. The maximum Gasteiger partial charge on any atom is 0.228 e. The Hall–Kier alpha value is -1.85. The van der Waals surface area contributed by atoms with Crippen LogP contribution in [0.25, 0.3) is 0 Å². The summed E-state index contributed by atoms with van der Waals surface area (Å²) < 4.78 is 1.73. The fourth-order valence-electron chi connectivity index (χ4n) is 2.53. The number of hydrogen-bond donors (Lipinski definition) is 0. The van der Waals surface area contributed by atoms with Crippen molar-refractivity contribution in [3.63, 3.8) is 0 Å². The number of rotatable bonds is 4. The smallest absolute Gasteiger partial charge is 0.228 e. The van der Waals surface area contributed by atoms with Gasteiger partial charge >= 0.3 is 0 Å². The van der Waals surface area contributed by atoms with Crippen molar-refractivity contribution in [2.75, 3.05) is 13.6 Å². The van der Waals surface area contributed by atoms with E-state index in [1.165, 1.54) is 0 Å². The average molecular weight is 278 g/mol. The molecule has 0 spiro atoms. The quantitative estimate of drug-likeness (QED) is 0.812. The van der Waals surface area contributed by atoms with Crippen molar-refractivity contribution in [3.8, 4) is 0 Å². The first-order valence-electron chi connectivity index (χ1n) is 6.90. The highest BCUT2D eigenvalue weighted by Crippen LogP contribution is 2.21. The van der Waals surface area contributed by atoms with Gasteiger partial charge in [0.05, 0.1) is 12.1 Å². The number of likely N-dealkylation sites (tertiary alicyclic amines) is 1. The molecule has 0 saturated carbocycles. The monoisotopic (exact) mass is 278 g/mol. The second-order valence-corrected chi connectivity index (χ2v) is 5.76. The zero-order chi connectivity index (χ0) is 14.9. The molecule has 0 N–H and O–H groups in total. The van der Waals surface area contributed by atoms with Crippen LogP contribution in [0, 0.1) is 5.92 Å². The van der Waals surface area contributed by atoms with Gasteiger partial charge in [0.25, 0.3) is 0 Å². The summed E-state index contributed by atoms with van der Waals surface area (Å²) in [5.74, 6) is -0.110. The number of aryl methyl sites for hydroxylation is 1. The molecule has 2 heterocycles. The number of carbonyl (C=O) groups is 2. The van der Waals surface area contributed by atoms with E-state index in [9.17, 15) is 9.59 Å². The standard InChI is InChI=1S/C14H22N4O2/c1-10(2)18(8-11-6-15-17(4)7-11)14(20)12-5-13(19)16(3)9-12/h6-7,10,12H,5,8-9H2,1-4H3/t12-/m1/s1. The van der Waals surface area contributed by atoms with Crippen molar-refractivity contribution in [2.45, 2.75) is 32.9 Å². The fourth-order valence-corrected chi connectivity index (χ4v) is 2.53. The molecule has 0 aromatic carbocycles. The molecule has 0 radical (unpaired) electrons. The first kappa shape index (κ1) is 14.6. The Morgan fingerprint density at radius 2 is 2.20 bits per heavy atom. The minimum atomic E-state index is -0.216. The number of nitrogens with zero attached hydrogens (tertiary/aromatic N) is 4. The van der Waals surface area contributed by atoms with E-state index >= 15 is 0 Å². The lowest BCUT2D eigenvalue weighted by Crippen LogP contribution is -2.41. The molecule has 1 atom stereocenters. The summed E-state index contributed by atoms with van der Waals surface area (Å²) in [7, 11) is 3.60. The van der Waals surface area contributed by atoms with Gasteiger partial charge in [0.1, 0.15) is 0 Å². The highest BCUT2D eigenvalue weighted by molar-refractivity contribution is 5.89. The van der Waals surface area contributed by atoms with Crippen molar-refractivity contribution in [1.82, 2.24) is 19.6 Å². The van der Waals surface area contributed by atoms with Crippen LogP contribution >= 0.6 is 0 Å². The molecule has 1 aromatic heterocycles. The molecule has 110 valence electrons. The molecule has 0 aliphatic carbocycles. The van der Waals surface area contributed by atoms with Crippen LogP contribution in [0.5, 0.6) is 0 Å². The molecule has 1 saturated heterocycles. The SMILES string of the molecule is CC(C)N(Cc1cnn(C)c1)C(=O)[C@@H]1CC(=O)N(C)C1. The summed E-state index contributed by atoms with van der Waals surface area (Å²) in [5.41, 5.74) is 1.01. The van der Waals surface area contributed by atoms with Gasteiger partial charge in [0.15, 0.2) is 0 Å². The lowest BCUT2D eigenvalue weighted by Gasteiger charge is -2.28. The number of amides is 2. The lowest BCUT2D eigenvalue weighted by atomic mass is 10.1. The van der Waals surface area contributed by atoms with Crippen molar-refractivity contribution in [2.24, 2.45) is 13.0 Å². The van der Waals surface area contributed by atoms with Gasteiger partial charge in [-0.2, -0.15) is 5.10 Å². The summed E-state index contributed by atoms with van der Waals surface area (Å²) in [4.78, 5) is 27.7. The Morgan fingerprint density at radius 3 is 2.65 bits per heavy atom. The van der Waals surface area contributed by atoms with Gasteiger partial charge in [0, 0.05) is 51.4 Å². The molecule has 1 fully saturated rings. The molecule has 1 aliphatic rings. The normalized spacial score (nSPS) is 18.9. The van der Waals surface area contributed by atoms with E-state index in [1.807, 2.05) is 32.0 Å². The van der Waals surface area contributed by atoms with E-state index in [-0.39, 0.29) is 23.8 Å². The molecule has 1 aromatic rings. The van der Waals surface area contributed by atoms with Gasteiger partial charge in [-0.15, -0.1) is 0 Å². The third kappa shape index (κ3) is 3.00. The first-order valence-corrected chi connectivity index (χ1v) is 6.90. The van der Waals surface area contributed by atoms with Crippen LogP contribution in [0.4, 0.5) is 0 Å². The predicted molar refractivity (Wildman–Crippen MR) is 74.6 cm³/mol. The number of aromatic nitrogens is 2. The zero-order valence-electron chi connectivity index (χ0n) is 12.5. The summed E-state index contributed by atoms with van der Waals surface area (Å²) in [6, 6.07) is 0.101. The Kier molecular flexibility index (Phi) is 4.11. The minimum absolute atomic E-state index is 0.0495. The molecule has 0 unspecified atom stereocenters. The van der Waals surface area contributed by atoms with Crippen LogP contribution in [-0.4, -0.2) is 51.0 Å². The Bertz CT molecular complexity index is 509. The molecule has 2 rings (SSSR count). The topological polar surface area (TPSA) is 58.4 Å². The van der Waals surface area contributed by atoms with E-state index in [4.69, 9.17) is 0 Å². The van der Waals surface area contributed by atoms with Crippen LogP contribution in [0.2, 0.25) is 0 Å². The highest BCUT2D eigenvalue weighted by Gasteiger charge is 2.35. The van der Waals surface area contributed by atoms with Gasteiger partial charge < -0.3 is 9.80 Å². The molecule has 2 amide bonds. The second-order valence-electron chi connectivity index (χ2n) is 5.76. The first-order chi connectivity index (χ1) is 9.38. The lowest BCUT2D eigenvalue weighted by molar-refractivity contribution is -0.138. The molecule has 20 heavy (non-hydrogen) atoms. The largest absolute Gasteiger partial charge is 0.345 e. The third-order valence-electron chi connectivity index (χ3n) is 3.71. The van der Waals surface area contributed by atoms with Crippen molar-refractivity contribution in [1.29, 1.82) is 0 Å². The van der Waals surface area contributed by atoms with Crippen molar-refractivity contribution >= 4 is 11.8 Å². The van der Waals surface area contributed by atoms with Crippen molar-refractivity contribution in [3.05, 3.63) is 18.0 Å². The van der Waals surface area contributed by atoms with E-state index in [0.29, 0.717) is 19.5 Å². The molecule has 0 bridgehead atoms. The van der Waals surface area contributed by atoms with Gasteiger partial charge in [-0.25, -0.2) is 0 Å². The Labute approximate surface area is 119 Å². The van der Waals surface area contributed by atoms with E-state index in [1.54, 1.807) is 22.8 Å². The number of carbonyl (C=O) groups excluding carboxylic acids is 2. The van der Waals surface area contributed by atoms with Crippen LogP contribution in [0.3, 0.4) is 0 Å². The molecule has 1 aliphatic heterocycles. The van der Waals surface area contributed by atoms with Crippen LogP contribution in [0.1, 0.15) is 25.8 Å². The summed E-state index contributed by atoms with van der Waals surface area (Å²) in [6.07, 6.45) is 4.01. The zero-order valence-corrected chi connectivity index (χ0v) is 12.5. The highest BCUT2D eigenvalue weighted by atomic mass is 16.2. The maximum absolute atomic E-state index is 12.6. The predicted octanol–water partition coefficient (Wildman–Crippen LogP) is 0.635. The van der Waals surface area contributed by atoms with Crippen LogP contribution < -0.4 is 0 Å². The van der Waals surface area contributed by atoms with Crippen LogP contribution in [-0.2, 0) is 23.2 Å². The van der Waals surface area contributed by atoms with E-state index < -0.39 is 0 Å². The summed E-state index contributed by atoms with van der Waals surface area (Å²) in [5, 5.41) is 4.13. The fraction of sp³-hybridized carbons (Fsp3) is 0.643. The van der Waals surface area contributed by atoms with E-state index in [0.717, 1.165) is 5.56 Å². The molecular weight excluding hydrogens is 256 g/mol. The Morgan fingerprint density at radius 1 is 1.50 bits per heavy atom. The van der Waals surface area contributed by atoms with Gasteiger partial charge in [-0.1, -0.05) is 0 Å². The number of hydrogen-bond acceptors (Lipinski definition) is 3. The van der Waals surface area contributed by atoms with Gasteiger partial charge in [-0.05, 0) is 13.8 Å². The van der Waals surface area contributed by atoms with Crippen molar-refractivity contribution < 1.29 is 9.59 Å². The maximum atomic E-state index is 12.6. The minimum Gasteiger partial charge on any atom is -0.345 e. The molecule has 6 nitrogen and oxygen atoms in total. The summed E-state index contributed by atoms with van der Waals surface area (Å²) in [6.45, 7) is 5.05. The van der Waals surface area contributed by atoms with E-state index in [2.05, 4.69) is 5.10 Å².